The number of alkyl halides is 3. The van der Waals surface area contributed by atoms with Gasteiger partial charge in [-0.15, -0.1) is 0 Å². The van der Waals surface area contributed by atoms with Gasteiger partial charge in [0.25, 0.3) is 0 Å². The number of aryl methyl sites for hydroxylation is 3. The molecular weight excluding hydrogens is 481 g/mol. The number of rotatable bonds is 9. The van der Waals surface area contributed by atoms with Crippen molar-refractivity contribution in [2.75, 3.05) is 0 Å². The number of hydrogen-bond donors (Lipinski definition) is 0. The highest BCUT2D eigenvalue weighted by Gasteiger charge is 2.29. The summed E-state index contributed by atoms with van der Waals surface area (Å²) < 4.78 is 39.4. The van der Waals surface area contributed by atoms with E-state index in [-0.39, 0.29) is 0 Å². The molecule has 6 heteroatoms. The first-order chi connectivity index (χ1) is 16.9. The Morgan fingerprint density at radius 1 is 1.19 bits per heavy atom. The van der Waals surface area contributed by atoms with Crippen LogP contribution in [0.25, 0.3) is 11.3 Å². The Bertz CT molecular complexity index is 1140. The summed E-state index contributed by atoms with van der Waals surface area (Å²) in [6, 6.07) is 5.71. The lowest BCUT2D eigenvalue weighted by Crippen LogP contribution is -2.08. The van der Waals surface area contributed by atoms with Crippen molar-refractivity contribution in [3.05, 3.63) is 113 Å². The number of nitrogens with zero attached hydrogens (tertiary/aromatic N) is 2. The fourth-order valence-electron chi connectivity index (χ4n) is 3.19. The van der Waals surface area contributed by atoms with Gasteiger partial charge in [0.15, 0.2) is 0 Å². The molecule has 2 rings (SSSR count). The summed E-state index contributed by atoms with van der Waals surface area (Å²) >= 11 is 6.02. The van der Waals surface area contributed by atoms with E-state index in [9.17, 15) is 13.2 Å². The Morgan fingerprint density at radius 3 is 2.44 bits per heavy atom. The van der Waals surface area contributed by atoms with Crippen molar-refractivity contribution in [3.8, 4) is 11.3 Å². The predicted molar refractivity (Wildman–Crippen MR) is 148 cm³/mol. The van der Waals surface area contributed by atoms with E-state index in [2.05, 4.69) is 27.0 Å². The van der Waals surface area contributed by atoms with E-state index in [0.717, 1.165) is 40.7 Å². The first-order valence-corrected chi connectivity index (χ1v) is 12.0. The topological polar surface area (TPSA) is 17.8 Å². The van der Waals surface area contributed by atoms with E-state index >= 15 is 0 Å². The zero-order chi connectivity index (χ0) is 27.3. The van der Waals surface area contributed by atoms with Gasteiger partial charge in [-0.25, -0.2) is 4.98 Å². The maximum Gasteiger partial charge on any atom is 0.415 e. The van der Waals surface area contributed by atoms with Crippen molar-refractivity contribution in [2.45, 2.75) is 53.1 Å². The van der Waals surface area contributed by atoms with E-state index < -0.39 is 11.7 Å². The third kappa shape index (κ3) is 11.1. The van der Waals surface area contributed by atoms with Crippen LogP contribution in [0.3, 0.4) is 0 Å². The van der Waals surface area contributed by atoms with Gasteiger partial charge in [0.1, 0.15) is 5.82 Å². The molecule has 0 bridgehead atoms. The van der Waals surface area contributed by atoms with E-state index in [1.807, 2.05) is 74.2 Å². The minimum Gasteiger partial charge on any atom is -0.337 e. The Morgan fingerprint density at radius 2 is 1.89 bits per heavy atom. The summed E-state index contributed by atoms with van der Waals surface area (Å²) in [6.07, 6.45) is 11.7. The number of imidazole rings is 1. The van der Waals surface area contributed by atoms with E-state index in [4.69, 9.17) is 16.6 Å². The third-order valence-corrected chi connectivity index (χ3v) is 5.49. The summed E-state index contributed by atoms with van der Waals surface area (Å²) in [5, 5.41) is 0.691. The lowest BCUT2D eigenvalue weighted by Gasteiger charge is -2.06. The monoisotopic (exact) mass is 516 g/mol. The fourth-order valence-corrected chi connectivity index (χ4v) is 3.42. The molecule has 194 valence electrons. The van der Waals surface area contributed by atoms with Crippen LogP contribution in [0, 0.1) is 6.92 Å². The molecule has 2 nitrogen and oxygen atoms in total. The van der Waals surface area contributed by atoms with Crippen LogP contribution in [0.4, 0.5) is 13.2 Å². The van der Waals surface area contributed by atoms with Crippen LogP contribution in [0.15, 0.2) is 96.8 Å². The van der Waals surface area contributed by atoms with Crippen LogP contribution in [0.2, 0.25) is 5.02 Å². The van der Waals surface area contributed by atoms with Crippen LogP contribution in [0.1, 0.15) is 45.0 Å². The molecule has 0 spiro atoms. The number of allylic oxidation sites excluding steroid dienone is 10. The molecule has 0 unspecified atom stereocenters. The molecule has 1 aromatic heterocycles. The second kappa shape index (κ2) is 15.1. The molecule has 0 saturated heterocycles. The van der Waals surface area contributed by atoms with Gasteiger partial charge >= 0.3 is 6.18 Å². The molecule has 36 heavy (non-hydrogen) atoms. The number of benzene rings is 1. The van der Waals surface area contributed by atoms with Gasteiger partial charge in [-0.05, 0) is 58.2 Å². The minimum atomic E-state index is -4.38. The predicted octanol–water partition coefficient (Wildman–Crippen LogP) is 9.69. The molecule has 2 aromatic rings. The number of hydrogen-bond acceptors (Lipinski definition) is 1. The zero-order valence-corrected chi connectivity index (χ0v) is 22.5. The SMILES string of the molecule is C=C(/C=C\C/C(=C\C)CCc1nc(-c2ccc(Cl)cc2C)cn1C)C(F)(F)F.C=C/C=C\C=C(C)C. The van der Waals surface area contributed by atoms with Crippen LogP contribution in [-0.2, 0) is 13.5 Å². The van der Waals surface area contributed by atoms with Crippen LogP contribution >= 0.6 is 11.6 Å². The van der Waals surface area contributed by atoms with Crippen molar-refractivity contribution in [3.63, 3.8) is 0 Å². The summed E-state index contributed by atoms with van der Waals surface area (Å²) in [5.74, 6) is 0.924. The normalized spacial score (nSPS) is 12.0. The van der Waals surface area contributed by atoms with E-state index in [0.29, 0.717) is 17.9 Å². The molecule has 0 saturated carbocycles. The molecule has 0 N–H and O–H groups in total. The summed E-state index contributed by atoms with van der Waals surface area (Å²) in [7, 11) is 1.94. The van der Waals surface area contributed by atoms with Gasteiger partial charge in [0.05, 0.1) is 5.69 Å². The zero-order valence-electron chi connectivity index (χ0n) is 21.8. The summed E-state index contributed by atoms with van der Waals surface area (Å²) in [5.41, 5.74) is 4.50. The van der Waals surface area contributed by atoms with Gasteiger partial charge in [-0.1, -0.05) is 84.5 Å². The van der Waals surface area contributed by atoms with E-state index in [1.54, 1.807) is 6.08 Å². The van der Waals surface area contributed by atoms with Gasteiger partial charge < -0.3 is 4.57 Å². The average molecular weight is 517 g/mol. The van der Waals surface area contributed by atoms with Crippen LogP contribution in [0.5, 0.6) is 0 Å². The number of aromatic nitrogens is 2. The van der Waals surface area contributed by atoms with Gasteiger partial charge in [-0.3, -0.25) is 0 Å². The molecular formula is C30H36ClF3N2. The quantitative estimate of drug-likeness (QED) is 0.239. The minimum absolute atomic E-state index is 0.458. The molecule has 0 aliphatic carbocycles. The second-order valence-corrected chi connectivity index (χ2v) is 8.99. The third-order valence-electron chi connectivity index (χ3n) is 5.25. The highest BCUT2D eigenvalue weighted by Crippen LogP contribution is 2.27. The standard InChI is InChI=1S/C22H24ClF3N2.C8H12/c1-5-17(8-6-7-16(3)22(24,25)26)9-12-21-27-20(14-28(21)4)19-11-10-18(23)13-15(19)2;1-4-5-6-7-8(2)3/h5-7,10-11,13-14H,3,8-9,12H2,1-2,4H3;4-7H,1H2,2-3H3/b7-6-,17-5+;6-5-. The highest BCUT2D eigenvalue weighted by atomic mass is 35.5. The summed E-state index contributed by atoms with van der Waals surface area (Å²) in [4.78, 5) is 4.73. The lowest BCUT2D eigenvalue weighted by atomic mass is 10.1. The Hall–Kier alpha value is -3.05. The van der Waals surface area contributed by atoms with Gasteiger partial charge in [0, 0.05) is 35.8 Å². The van der Waals surface area contributed by atoms with E-state index in [1.165, 1.54) is 11.6 Å². The molecule has 0 atom stereocenters. The van der Waals surface area contributed by atoms with Crippen molar-refractivity contribution < 1.29 is 13.2 Å². The molecule has 0 amide bonds. The fraction of sp³-hybridized carbons (Fsp3) is 0.300. The Labute approximate surface area is 218 Å². The molecule has 0 aliphatic heterocycles. The molecule has 1 heterocycles. The van der Waals surface area contributed by atoms with Gasteiger partial charge in [0.2, 0.25) is 0 Å². The Balaban J connectivity index is 0.000000697. The first-order valence-electron chi connectivity index (χ1n) is 11.7. The average Bonchev–Trinajstić information content (AvgIpc) is 3.15. The first kappa shape index (κ1) is 31.0. The molecule has 0 aliphatic rings. The van der Waals surface area contributed by atoms with Gasteiger partial charge in [-0.2, -0.15) is 13.2 Å². The van der Waals surface area contributed by atoms with Crippen molar-refractivity contribution in [1.82, 2.24) is 9.55 Å². The maximum atomic E-state index is 12.5. The van der Waals surface area contributed by atoms with Crippen LogP contribution in [-0.4, -0.2) is 15.7 Å². The summed E-state index contributed by atoms with van der Waals surface area (Å²) in [6.45, 7) is 14.6. The van der Waals surface area contributed by atoms with Crippen LogP contribution < -0.4 is 0 Å². The molecule has 0 radical (unpaired) electrons. The van der Waals surface area contributed by atoms with Crippen molar-refractivity contribution in [1.29, 1.82) is 0 Å². The molecule has 1 aromatic carbocycles. The smallest absolute Gasteiger partial charge is 0.337 e. The van der Waals surface area contributed by atoms with Crippen molar-refractivity contribution in [2.24, 2.45) is 7.05 Å². The van der Waals surface area contributed by atoms with Crippen molar-refractivity contribution >= 4 is 11.6 Å². The largest absolute Gasteiger partial charge is 0.415 e. The highest BCUT2D eigenvalue weighted by molar-refractivity contribution is 6.30. The number of halogens is 4. The second-order valence-electron chi connectivity index (χ2n) is 8.55. The maximum absolute atomic E-state index is 12.5. The lowest BCUT2D eigenvalue weighted by molar-refractivity contribution is -0.0878. The Kier molecular flexibility index (Phi) is 13.0. The molecule has 0 fully saturated rings.